The second-order valence-electron chi connectivity index (χ2n) is 4.62. The van der Waals surface area contributed by atoms with Crippen LogP contribution in [0.3, 0.4) is 0 Å². The summed E-state index contributed by atoms with van der Waals surface area (Å²) in [5.41, 5.74) is 1.16. The smallest absolute Gasteiger partial charge is 0.123 e. The monoisotopic (exact) mass is 275 g/mol. The summed E-state index contributed by atoms with van der Waals surface area (Å²) < 4.78 is 5.74. The molecule has 0 aliphatic carbocycles. The predicted molar refractivity (Wildman–Crippen MR) is 81.8 cm³/mol. The van der Waals surface area contributed by atoms with Gasteiger partial charge in [-0.1, -0.05) is 32.6 Å². The number of aromatic nitrogens is 1. The van der Waals surface area contributed by atoms with Gasteiger partial charge in [0.25, 0.3) is 0 Å². The molecule has 2 aromatic rings. The molecule has 0 aliphatic heterocycles. The van der Waals surface area contributed by atoms with Crippen molar-refractivity contribution in [2.45, 2.75) is 39.0 Å². The molecule has 2 rings (SSSR count). The van der Waals surface area contributed by atoms with Gasteiger partial charge in [-0.3, -0.25) is 0 Å². The van der Waals surface area contributed by atoms with Gasteiger partial charge in [0.15, 0.2) is 0 Å². The molecule has 0 N–H and O–H groups in total. The molecule has 0 spiro atoms. The van der Waals surface area contributed by atoms with E-state index < -0.39 is 0 Å². The van der Waals surface area contributed by atoms with Crippen LogP contribution in [0.4, 0.5) is 0 Å². The highest BCUT2D eigenvalue weighted by atomic mass is 32.1. The van der Waals surface area contributed by atoms with Gasteiger partial charge in [-0.05, 0) is 30.7 Å². The molecule has 0 radical (unpaired) electrons. The highest BCUT2D eigenvalue weighted by Gasteiger charge is 2.00. The standard InChI is InChI=1S/C16H21NOS/c1-2-3-4-5-6-12-18-15-9-7-14(8-10-15)16-17-11-13-19-16/h7-11,13H,2-6,12H2,1H3. The second kappa shape index (κ2) is 7.95. The van der Waals surface area contributed by atoms with Gasteiger partial charge >= 0.3 is 0 Å². The largest absolute Gasteiger partial charge is 0.494 e. The van der Waals surface area contributed by atoms with E-state index in [4.69, 9.17) is 4.74 Å². The number of thiazole rings is 1. The van der Waals surface area contributed by atoms with E-state index in [2.05, 4.69) is 24.0 Å². The Bertz CT molecular complexity index is 450. The fourth-order valence-electron chi connectivity index (χ4n) is 1.96. The van der Waals surface area contributed by atoms with Crippen molar-refractivity contribution in [2.24, 2.45) is 0 Å². The van der Waals surface area contributed by atoms with Gasteiger partial charge in [0, 0.05) is 17.1 Å². The Hall–Kier alpha value is -1.35. The quantitative estimate of drug-likeness (QED) is 0.621. The maximum absolute atomic E-state index is 5.74. The first-order valence-corrected chi connectivity index (χ1v) is 7.91. The molecule has 2 nitrogen and oxygen atoms in total. The summed E-state index contributed by atoms with van der Waals surface area (Å²) in [6, 6.07) is 8.21. The van der Waals surface area contributed by atoms with Gasteiger partial charge in [-0.2, -0.15) is 0 Å². The lowest BCUT2D eigenvalue weighted by Gasteiger charge is -2.06. The molecule has 3 heteroatoms. The summed E-state index contributed by atoms with van der Waals surface area (Å²) >= 11 is 1.66. The number of ether oxygens (including phenoxy) is 1. The first-order chi connectivity index (χ1) is 9.40. The van der Waals surface area contributed by atoms with Crippen molar-refractivity contribution in [1.29, 1.82) is 0 Å². The summed E-state index contributed by atoms with van der Waals surface area (Å²) in [7, 11) is 0. The van der Waals surface area contributed by atoms with Gasteiger partial charge in [0.05, 0.1) is 6.61 Å². The lowest BCUT2D eigenvalue weighted by Crippen LogP contribution is -1.97. The molecule has 19 heavy (non-hydrogen) atoms. The normalized spacial score (nSPS) is 10.6. The Morgan fingerprint density at radius 3 is 2.53 bits per heavy atom. The second-order valence-corrected chi connectivity index (χ2v) is 5.52. The van der Waals surface area contributed by atoms with Crippen molar-refractivity contribution < 1.29 is 4.74 Å². The predicted octanol–water partition coefficient (Wildman–Crippen LogP) is 5.16. The first-order valence-electron chi connectivity index (χ1n) is 7.03. The molecular formula is C16H21NOS. The highest BCUT2D eigenvalue weighted by Crippen LogP contribution is 2.24. The van der Waals surface area contributed by atoms with Crippen LogP contribution in [0.25, 0.3) is 10.6 Å². The molecule has 0 bridgehead atoms. The molecular weight excluding hydrogens is 254 g/mol. The minimum absolute atomic E-state index is 0.820. The number of hydrogen-bond donors (Lipinski definition) is 0. The Morgan fingerprint density at radius 1 is 1.05 bits per heavy atom. The molecule has 102 valence electrons. The summed E-state index contributed by atoms with van der Waals surface area (Å²) in [6.07, 6.45) is 8.20. The van der Waals surface area contributed by atoms with Crippen molar-refractivity contribution in [3.05, 3.63) is 35.8 Å². The van der Waals surface area contributed by atoms with Crippen LogP contribution < -0.4 is 4.74 Å². The van der Waals surface area contributed by atoms with Crippen LogP contribution in [0.1, 0.15) is 39.0 Å². The summed E-state index contributed by atoms with van der Waals surface area (Å²) in [5, 5.41) is 3.06. The fraction of sp³-hybridized carbons (Fsp3) is 0.438. The lowest BCUT2D eigenvalue weighted by atomic mass is 10.2. The van der Waals surface area contributed by atoms with Crippen LogP contribution in [-0.2, 0) is 0 Å². The average Bonchev–Trinajstić information content (AvgIpc) is 2.97. The molecule has 0 saturated heterocycles. The molecule has 0 fully saturated rings. The molecule has 0 saturated carbocycles. The Morgan fingerprint density at radius 2 is 1.84 bits per heavy atom. The van der Waals surface area contributed by atoms with E-state index in [0.29, 0.717) is 0 Å². The van der Waals surface area contributed by atoms with Gasteiger partial charge in [-0.25, -0.2) is 4.98 Å². The molecule has 1 aromatic carbocycles. The van der Waals surface area contributed by atoms with Crippen LogP contribution in [0.2, 0.25) is 0 Å². The maximum atomic E-state index is 5.74. The minimum Gasteiger partial charge on any atom is -0.494 e. The van der Waals surface area contributed by atoms with Gasteiger partial charge < -0.3 is 4.74 Å². The van der Waals surface area contributed by atoms with Crippen LogP contribution in [-0.4, -0.2) is 11.6 Å². The van der Waals surface area contributed by atoms with Crippen molar-refractivity contribution >= 4 is 11.3 Å². The van der Waals surface area contributed by atoms with Crippen LogP contribution in [0.5, 0.6) is 5.75 Å². The number of nitrogens with zero attached hydrogens (tertiary/aromatic N) is 1. The average molecular weight is 275 g/mol. The van der Waals surface area contributed by atoms with E-state index in [9.17, 15) is 0 Å². The van der Waals surface area contributed by atoms with E-state index in [1.165, 1.54) is 25.7 Å². The number of unbranched alkanes of at least 4 members (excludes halogenated alkanes) is 4. The minimum atomic E-state index is 0.820. The van der Waals surface area contributed by atoms with Crippen LogP contribution in [0, 0.1) is 0 Å². The van der Waals surface area contributed by atoms with E-state index >= 15 is 0 Å². The third kappa shape index (κ3) is 4.67. The zero-order valence-electron chi connectivity index (χ0n) is 11.5. The van der Waals surface area contributed by atoms with Crippen molar-refractivity contribution in [2.75, 3.05) is 6.61 Å². The summed E-state index contributed by atoms with van der Waals surface area (Å²) in [6.45, 7) is 3.06. The van der Waals surface area contributed by atoms with Crippen molar-refractivity contribution in [3.63, 3.8) is 0 Å². The number of hydrogen-bond acceptors (Lipinski definition) is 3. The third-order valence-corrected chi connectivity index (χ3v) is 3.87. The SMILES string of the molecule is CCCCCCCOc1ccc(-c2nccs2)cc1. The maximum Gasteiger partial charge on any atom is 0.123 e. The Balaban J connectivity index is 1.73. The highest BCUT2D eigenvalue weighted by molar-refractivity contribution is 7.13. The molecule has 0 amide bonds. The van der Waals surface area contributed by atoms with E-state index in [1.807, 2.05) is 23.7 Å². The molecule has 0 atom stereocenters. The Kier molecular flexibility index (Phi) is 5.89. The van der Waals surface area contributed by atoms with Gasteiger partial charge in [0.1, 0.15) is 10.8 Å². The first kappa shape index (κ1) is 14.1. The zero-order chi connectivity index (χ0) is 13.3. The van der Waals surface area contributed by atoms with Crippen molar-refractivity contribution in [3.8, 4) is 16.3 Å². The molecule has 0 aliphatic rings. The van der Waals surface area contributed by atoms with Gasteiger partial charge in [-0.15, -0.1) is 11.3 Å². The number of benzene rings is 1. The fourth-order valence-corrected chi connectivity index (χ4v) is 2.60. The topological polar surface area (TPSA) is 22.1 Å². The van der Waals surface area contributed by atoms with Gasteiger partial charge in [0.2, 0.25) is 0 Å². The van der Waals surface area contributed by atoms with Crippen molar-refractivity contribution in [1.82, 2.24) is 4.98 Å². The molecule has 0 unspecified atom stereocenters. The zero-order valence-corrected chi connectivity index (χ0v) is 12.3. The lowest BCUT2D eigenvalue weighted by molar-refractivity contribution is 0.304. The summed E-state index contributed by atoms with van der Waals surface area (Å²) in [4.78, 5) is 4.30. The van der Waals surface area contributed by atoms with E-state index in [0.717, 1.165) is 29.3 Å². The Labute approximate surface area is 119 Å². The third-order valence-electron chi connectivity index (χ3n) is 3.05. The van der Waals surface area contributed by atoms with Crippen LogP contribution in [0.15, 0.2) is 35.8 Å². The van der Waals surface area contributed by atoms with Crippen LogP contribution >= 0.6 is 11.3 Å². The molecule has 1 aromatic heterocycles. The van der Waals surface area contributed by atoms with E-state index in [1.54, 1.807) is 11.3 Å². The number of rotatable bonds is 8. The van der Waals surface area contributed by atoms with E-state index in [-0.39, 0.29) is 0 Å². The molecule has 1 heterocycles. The summed E-state index contributed by atoms with van der Waals surface area (Å²) in [5.74, 6) is 0.954.